The molecular formula is C28H30O4. The lowest BCUT2D eigenvalue weighted by Gasteiger charge is -2.26. The van der Waals surface area contributed by atoms with E-state index in [4.69, 9.17) is 14.2 Å². The number of hydrogen-bond donors (Lipinski definition) is 1. The van der Waals surface area contributed by atoms with Crippen molar-refractivity contribution in [1.29, 1.82) is 0 Å². The molecule has 0 aliphatic heterocycles. The zero-order chi connectivity index (χ0) is 22.2. The van der Waals surface area contributed by atoms with Crippen LogP contribution in [0.4, 0.5) is 0 Å². The molecule has 0 amide bonds. The summed E-state index contributed by atoms with van der Waals surface area (Å²) in [5, 5.41) is 11.1. The minimum absolute atomic E-state index is 0.291. The number of benzene rings is 3. The van der Waals surface area contributed by atoms with E-state index in [1.165, 1.54) is 0 Å². The van der Waals surface area contributed by atoms with Crippen LogP contribution in [0.15, 0.2) is 104 Å². The Bertz CT molecular complexity index is 945. The van der Waals surface area contributed by atoms with Gasteiger partial charge in [0.1, 0.15) is 12.2 Å². The monoisotopic (exact) mass is 430 g/mol. The molecule has 3 aromatic carbocycles. The third-order valence-corrected chi connectivity index (χ3v) is 5.89. The summed E-state index contributed by atoms with van der Waals surface area (Å²) in [7, 11) is 0. The van der Waals surface area contributed by atoms with E-state index in [-0.39, 0.29) is 12.0 Å². The summed E-state index contributed by atoms with van der Waals surface area (Å²) in [5.74, 6) is -0.291. The Hall–Kier alpha value is -2.76. The maximum Gasteiger partial charge on any atom is 0.113 e. The molecule has 0 heterocycles. The third kappa shape index (κ3) is 5.53. The van der Waals surface area contributed by atoms with Crippen molar-refractivity contribution < 1.29 is 19.3 Å². The molecule has 4 nitrogen and oxygen atoms in total. The molecule has 4 rings (SSSR count). The van der Waals surface area contributed by atoms with Crippen LogP contribution >= 0.6 is 0 Å². The van der Waals surface area contributed by atoms with Crippen molar-refractivity contribution in [3.63, 3.8) is 0 Å². The quantitative estimate of drug-likeness (QED) is 0.464. The van der Waals surface area contributed by atoms with Crippen LogP contribution in [0.5, 0.6) is 0 Å². The van der Waals surface area contributed by atoms with Gasteiger partial charge in [-0.25, -0.2) is 0 Å². The van der Waals surface area contributed by atoms with E-state index in [0.717, 1.165) is 16.7 Å². The SMILES string of the molecule is C=C[C@H]1[C@H](O)[C@H](OCc2ccccc2)[C@@H](OCc2ccccc2)[C@H]1OCc1ccccc1. The first-order chi connectivity index (χ1) is 15.8. The summed E-state index contributed by atoms with van der Waals surface area (Å²) in [6, 6.07) is 30.0. The van der Waals surface area contributed by atoms with E-state index in [0.29, 0.717) is 19.8 Å². The van der Waals surface area contributed by atoms with Crippen LogP contribution in [0, 0.1) is 5.92 Å². The summed E-state index contributed by atoms with van der Waals surface area (Å²) in [4.78, 5) is 0. The van der Waals surface area contributed by atoms with E-state index in [1.807, 2.05) is 91.0 Å². The molecule has 5 atom stereocenters. The van der Waals surface area contributed by atoms with Crippen molar-refractivity contribution in [2.24, 2.45) is 5.92 Å². The normalized spacial score (nSPS) is 25.0. The molecule has 1 aliphatic rings. The fourth-order valence-corrected chi connectivity index (χ4v) is 4.18. The number of rotatable bonds is 10. The Morgan fingerprint density at radius 1 is 0.594 bits per heavy atom. The number of aliphatic hydroxyl groups is 1. The maximum atomic E-state index is 11.1. The van der Waals surface area contributed by atoms with E-state index in [2.05, 4.69) is 6.58 Å². The summed E-state index contributed by atoms with van der Waals surface area (Å²) >= 11 is 0. The molecule has 0 radical (unpaired) electrons. The van der Waals surface area contributed by atoms with E-state index < -0.39 is 18.3 Å². The first-order valence-corrected chi connectivity index (χ1v) is 11.0. The lowest BCUT2D eigenvalue weighted by molar-refractivity contribution is -0.134. The van der Waals surface area contributed by atoms with E-state index >= 15 is 0 Å². The average molecular weight is 431 g/mol. The smallest absolute Gasteiger partial charge is 0.113 e. The van der Waals surface area contributed by atoms with Crippen LogP contribution in [0.3, 0.4) is 0 Å². The summed E-state index contributed by atoms with van der Waals surface area (Å²) in [6.45, 7) is 5.19. The minimum Gasteiger partial charge on any atom is -0.390 e. The lowest BCUT2D eigenvalue weighted by atomic mass is 10.0. The second-order valence-electron chi connectivity index (χ2n) is 8.09. The molecule has 1 saturated carbocycles. The Morgan fingerprint density at radius 3 is 1.38 bits per heavy atom. The summed E-state index contributed by atoms with van der Waals surface area (Å²) < 4.78 is 18.9. The molecular weight excluding hydrogens is 400 g/mol. The van der Waals surface area contributed by atoms with Crippen LogP contribution in [0.1, 0.15) is 16.7 Å². The highest BCUT2D eigenvalue weighted by Crippen LogP contribution is 2.36. The van der Waals surface area contributed by atoms with Crippen molar-refractivity contribution in [1.82, 2.24) is 0 Å². The van der Waals surface area contributed by atoms with Crippen LogP contribution in [-0.2, 0) is 34.0 Å². The largest absolute Gasteiger partial charge is 0.390 e. The van der Waals surface area contributed by atoms with Crippen molar-refractivity contribution in [2.45, 2.75) is 44.2 Å². The molecule has 1 fully saturated rings. The molecule has 0 aromatic heterocycles. The number of hydrogen-bond acceptors (Lipinski definition) is 4. The van der Waals surface area contributed by atoms with Gasteiger partial charge in [0.05, 0.1) is 32.0 Å². The fraction of sp³-hybridized carbons (Fsp3) is 0.286. The predicted octanol–water partition coefficient (Wildman–Crippen LogP) is 4.92. The standard InChI is InChI=1S/C28H30O4/c1-2-24-25(29)27(31-19-22-14-8-4-9-15-22)28(32-20-23-16-10-5-11-17-23)26(24)30-18-21-12-6-3-7-13-21/h2-17,24-29H,1,18-20H2/t24-,25-,26-,27-,28-/m0/s1. The molecule has 0 bridgehead atoms. The Labute approximate surface area is 190 Å². The van der Waals surface area contributed by atoms with Gasteiger partial charge < -0.3 is 19.3 Å². The number of ether oxygens (including phenoxy) is 3. The van der Waals surface area contributed by atoms with Crippen molar-refractivity contribution in [3.05, 3.63) is 120 Å². The minimum atomic E-state index is -0.766. The van der Waals surface area contributed by atoms with Gasteiger partial charge in [0.2, 0.25) is 0 Å². The van der Waals surface area contributed by atoms with Gasteiger partial charge >= 0.3 is 0 Å². The topological polar surface area (TPSA) is 47.9 Å². The highest BCUT2D eigenvalue weighted by atomic mass is 16.6. The predicted molar refractivity (Wildman–Crippen MR) is 125 cm³/mol. The van der Waals surface area contributed by atoms with Crippen LogP contribution in [0.25, 0.3) is 0 Å². The van der Waals surface area contributed by atoms with Crippen LogP contribution < -0.4 is 0 Å². The summed E-state index contributed by atoms with van der Waals surface area (Å²) in [5.41, 5.74) is 3.18. The summed E-state index contributed by atoms with van der Waals surface area (Å²) in [6.07, 6.45) is -0.335. The fourth-order valence-electron chi connectivity index (χ4n) is 4.18. The highest BCUT2D eigenvalue weighted by Gasteiger charge is 2.51. The maximum absolute atomic E-state index is 11.1. The van der Waals surface area contributed by atoms with Crippen molar-refractivity contribution in [2.75, 3.05) is 0 Å². The second-order valence-corrected chi connectivity index (χ2v) is 8.09. The highest BCUT2D eigenvalue weighted by molar-refractivity contribution is 5.17. The van der Waals surface area contributed by atoms with Crippen LogP contribution in [0.2, 0.25) is 0 Å². The first kappa shape index (κ1) is 22.4. The zero-order valence-electron chi connectivity index (χ0n) is 18.1. The molecule has 0 spiro atoms. The Kier molecular flexibility index (Phi) is 7.86. The molecule has 166 valence electrons. The van der Waals surface area contributed by atoms with Gasteiger partial charge in [-0.3, -0.25) is 0 Å². The van der Waals surface area contributed by atoms with Gasteiger partial charge in [0, 0.05) is 5.92 Å². The van der Waals surface area contributed by atoms with E-state index in [9.17, 15) is 5.11 Å². The van der Waals surface area contributed by atoms with Gasteiger partial charge in [0.25, 0.3) is 0 Å². The zero-order valence-corrected chi connectivity index (χ0v) is 18.1. The molecule has 0 unspecified atom stereocenters. The van der Waals surface area contributed by atoms with Crippen molar-refractivity contribution >= 4 is 0 Å². The van der Waals surface area contributed by atoms with Gasteiger partial charge in [-0.15, -0.1) is 6.58 Å². The Morgan fingerprint density at radius 2 is 0.969 bits per heavy atom. The van der Waals surface area contributed by atoms with Gasteiger partial charge in [-0.2, -0.15) is 0 Å². The molecule has 3 aromatic rings. The van der Waals surface area contributed by atoms with Gasteiger partial charge in [-0.1, -0.05) is 97.1 Å². The molecule has 1 N–H and O–H groups in total. The molecule has 4 heteroatoms. The number of aliphatic hydroxyl groups excluding tert-OH is 1. The van der Waals surface area contributed by atoms with Gasteiger partial charge in [0.15, 0.2) is 0 Å². The van der Waals surface area contributed by atoms with Gasteiger partial charge in [-0.05, 0) is 16.7 Å². The lowest BCUT2D eigenvalue weighted by Crippen LogP contribution is -2.38. The van der Waals surface area contributed by atoms with Crippen molar-refractivity contribution in [3.8, 4) is 0 Å². The van der Waals surface area contributed by atoms with Crippen LogP contribution in [-0.4, -0.2) is 29.5 Å². The average Bonchev–Trinajstić information content (AvgIpc) is 3.11. The third-order valence-electron chi connectivity index (χ3n) is 5.89. The first-order valence-electron chi connectivity index (χ1n) is 11.0. The second kappa shape index (κ2) is 11.2. The molecule has 32 heavy (non-hydrogen) atoms. The van der Waals surface area contributed by atoms with E-state index in [1.54, 1.807) is 6.08 Å². The molecule has 1 aliphatic carbocycles. The Balaban J connectivity index is 1.52. The molecule has 0 saturated heterocycles.